The molecule has 0 saturated heterocycles. The number of halogens is 2. The molecule has 0 spiro atoms. The Morgan fingerprint density at radius 3 is 2.34 bits per heavy atom. The zero-order chi connectivity index (χ0) is 30.3. The number of benzene rings is 2. The van der Waals surface area contributed by atoms with Crippen LogP contribution in [0.15, 0.2) is 42.5 Å². The van der Waals surface area contributed by atoms with Crippen LogP contribution in [-0.4, -0.2) is 44.4 Å². The smallest absolute Gasteiger partial charge is 0.411 e. The van der Waals surface area contributed by atoms with Crippen LogP contribution in [0.4, 0.5) is 21.1 Å². The SMILES string of the molecule is CC(C)(C)OC(=O)N1Cc2cc(-n3nc(C(C)(C)C)cc3NC(=O)Nc3cccc(Cl)c3Cl)ccc2C[C@H]1C(N)=O. The molecule has 1 aliphatic heterocycles. The van der Waals surface area contributed by atoms with Crippen molar-refractivity contribution in [3.05, 3.63) is 69.3 Å². The quantitative estimate of drug-likeness (QED) is 0.325. The first kappa shape index (κ1) is 30.2. The molecule has 0 unspecified atom stereocenters. The predicted octanol–water partition coefficient (Wildman–Crippen LogP) is 6.27. The summed E-state index contributed by atoms with van der Waals surface area (Å²) in [6, 6.07) is 11.0. The second-order valence-electron chi connectivity index (χ2n) is 11.9. The van der Waals surface area contributed by atoms with Crippen molar-refractivity contribution in [3.8, 4) is 5.69 Å². The number of urea groups is 1. The van der Waals surface area contributed by atoms with Gasteiger partial charge in [-0.15, -0.1) is 0 Å². The molecule has 4 N–H and O–H groups in total. The van der Waals surface area contributed by atoms with Gasteiger partial charge in [-0.05, 0) is 56.2 Å². The minimum Gasteiger partial charge on any atom is -0.444 e. The number of anilines is 2. The first-order chi connectivity index (χ1) is 19.0. The van der Waals surface area contributed by atoms with Crippen LogP contribution >= 0.6 is 23.2 Å². The number of carbonyl (C=O) groups excluding carboxylic acids is 3. The van der Waals surface area contributed by atoms with Crippen LogP contribution in [0, 0.1) is 0 Å². The van der Waals surface area contributed by atoms with Gasteiger partial charge < -0.3 is 15.8 Å². The third-order valence-corrected chi connectivity index (χ3v) is 7.26. The van der Waals surface area contributed by atoms with E-state index in [1.165, 1.54) is 4.90 Å². The minimum atomic E-state index is -0.834. The van der Waals surface area contributed by atoms with Crippen LogP contribution in [0.1, 0.15) is 58.4 Å². The van der Waals surface area contributed by atoms with E-state index in [-0.39, 0.29) is 23.4 Å². The molecule has 0 fully saturated rings. The third kappa shape index (κ3) is 6.94. The summed E-state index contributed by atoms with van der Waals surface area (Å²) in [5.41, 5.74) is 8.04. The monoisotopic (exact) mass is 600 g/mol. The molecule has 218 valence electrons. The predicted molar refractivity (Wildman–Crippen MR) is 160 cm³/mol. The molecule has 1 atom stereocenters. The Labute approximate surface area is 249 Å². The average molecular weight is 602 g/mol. The van der Waals surface area contributed by atoms with Gasteiger partial charge in [0.15, 0.2) is 0 Å². The van der Waals surface area contributed by atoms with Crippen LogP contribution < -0.4 is 16.4 Å². The summed E-state index contributed by atoms with van der Waals surface area (Å²) in [7, 11) is 0. The van der Waals surface area contributed by atoms with Gasteiger partial charge in [0.2, 0.25) is 5.91 Å². The fourth-order valence-corrected chi connectivity index (χ4v) is 4.72. The highest BCUT2D eigenvalue weighted by Crippen LogP contribution is 2.32. The minimum absolute atomic E-state index is 0.121. The molecule has 41 heavy (non-hydrogen) atoms. The number of carbonyl (C=O) groups is 3. The molecule has 4 rings (SSSR count). The van der Waals surface area contributed by atoms with Gasteiger partial charge in [-0.2, -0.15) is 5.10 Å². The molecule has 0 aliphatic carbocycles. The lowest BCUT2D eigenvalue weighted by molar-refractivity contribution is -0.123. The average Bonchev–Trinajstić information content (AvgIpc) is 3.28. The fraction of sp³-hybridized carbons (Fsp3) is 0.379. The Morgan fingerprint density at radius 1 is 1.00 bits per heavy atom. The number of hydrogen-bond acceptors (Lipinski definition) is 5. The first-order valence-electron chi connectivity index (χ1n) is 13.1. The van der Waals surface area contributed by atoms with E-state index in [2.05, 4.69) is 10.6 Å². The van der Waals surface area contributed by atoms with E-state index in [4.69, 9.17) is 38.8 Å². The standard InChI is InChI=1S/C29H34Cl2N6O4/c1-28(2,3)22-14-23(34-26(39)33-20-9-7-8-19(30)24(20)31)37(35-22)18-11-10-16-13-21(25(32)38)36(15-17(16)12-18)27(40)41-29(4,5)6/h7-12,14,21H,13,15H2,1-6H3,(H2,32,38)(H2,33,34,39)/t21-/m0/s1. The number of fused-ring (bicyclic) bond motifs is 1. The van der Waals surface area contributed by atoms with Crippen LogP contribution in [0.5, 0.6) is 0 Å². The summed E-state index contributed by atoms with van der Waals surface area (Å²) in [6.45, 7) is 11.5. The molecule has 4 amide bonds. The van der Waals surface area contributed by atoms with Crippen LogP contribution in [0.3, 0.4) is 0 Å². The molecule has 1 aromatic heterocycles. The van der Waals surface area contributed by atoms with Crippen LogP contribution in [-0.2, 0) is 27.9 Å². The molecule has 2 aromatic carbocycles. The van der Waals surface area contributed by atoms with Crippen molar-refractivity contribution in [2.24, 2.45) is 5.73 Å². The number of nitrogens with one attached hydrogen (secondary N) is 2. The lowest BCUT2D eigenvalue weighted by Crippen LogP contribution is -2.52. The summed E-state index contributed by atoms with van der Waals surface area (Å²) in [5, 5.41) is 10.9. The third-order valence-electron chi connectivity index (χ3n) is 6.44. The maximum Gasteiger partial charge on any atom is 0.411 e. The normalized spacial score (nSPS) is 15.2. The van der Waals surface area contributed by atoms with E-state index in [0.29, 0.717) is 22.2 Å². The van der Waals surface area contributed by atoms with Crippen LogP contribution in [0.2, 0.25) is 10.0 Å². The summed E-state index contributed by atoms with van der Waals surface area (Å²) in [6.07, 6.45) is -0.366. The summed E-state index contributed by atoms with van der Waals surface area (Å²) < 4.78 is 7.17. The lowest BCUT2D eigenvalue weighted by atomic mass is 9.92. The van der Waals surface area contributed by atoms with Crippen molar-refractivity contribution in [2.45, 2.75) is 71.6 Å². The topological polar surface area (TPSA) is 132 Å². The largest absolute Gasteiger partial charge is 0.444 e. The van der Waals surface area contributed by atoms with Crippen molar-refractivity contribution in [2.75, 3.05) is 10.6 Å². The second kappa shape index (κ2) is 11.3. The van der Waals surface area contributed by atoms with E-state index in [1.54, 1.807) is 49.7 Å². The summed E-state index contributed by atoms with van der Waals surface area (Å²) >= 11 is 12.3. The molecule has 1 aliphatic rings. The zero-order valence-corrected chi connectivity index (χ0v) is 25.4. The van der Waals surface area contributed by atoms with Gasteiger partial charge in [-0.3, -0.25) is 15.0 Å². The van der Waals surface area contributed by atoms with Gasteiger partial charge in [0, 0.05) is 17.9 Å². The Morgan fingerprint density at radius 2 is 1.71 bits per heavy atom. The molecular formula is C29H34Cl2N6O4. The van der Waals surface area contributed by atoms with Crippen molar-refractivity contribution >= 4 is 52.7 Å². The maximum absolute atomic E-state index is 13.0. The number of hydrogen-bond donors (Lipinski definition) is 3. The Hall–Kier alpha value is -3.76. The number of rotatable bonds is 4. The van der Waals surface area contributed by atoms with E-state index in [0.717, 1.165) is 16.8 Å². The fourth-order valence-electron chi connectivity index (χ4n) is 4.37. The van der Waals surface area contributed by atoms with Gasteiger partial charge in [-0.1, -0.05) is 56.1 Å². The molecule has 2 heterocycles. The molecule has 0 bridgehead atoms. The molecular weight excluding hydrogens is 567 g/mol. The van der Waals surface area contributed by atoms with Crippen molar-refractivity contribution in [3.63, 3.8) is 0 Å². The van der Waals surface area contributed by atoms with E-state index < -0.39 is 29.7 Å². The molecule has 0 saturated carbocycles. The van der Waals surface area contributed by atoms with Crippen LogP contribution in [0.25, 0.3) is 5.69 Å². The Kier molecular flexibility index (Phi) is 8.29. The van der Waals surface area contributed by atoms with Gasteiger partial charge >= 0.3 is 12.1 Å². The molecule has 0 radical (unpaired) electrons. The summed E-state index contributed by atoms with van der Waals surface area (Å²) in [4.78, 5) is 39.6. The number of nitrogens with zero attached hydrogens (tertiary/aromatic N) is 3. The first-order valence-corrected chi connectivity index (χ1v) is 13.8. The number of aromatic nitrogens is 2. The Bertz CT molecular complexity index is 1510. The second-order valence-corrected chi connectivity index (χ2v) is 12.7. The number of nitrogens with two attached hydrogens (primary N) is 1. The summed E-state index contributed by atoms with van der Waals surface area (Å²) in [5.74, 6) is -0.190. The van der Waals surface area contributed by atoms with Crippen molar-refractivity contribution in [1.82, 2.24) is 14.7 Å². The van der Waals surface area contributed by atoms with Gasteiger partial charge in [-0.25, -0.2) is 14.3 Å². The lowest BCUT2D eigenvalue weighted by Gasteiger charge is -2.36. The number of ether oxygens (including phenoxy) is 1. The number of primary amides is 1. The molecule has 12 heteroatoms. The zero-order valence-electron chi connectivity index (χ0n) is 23.8. The molecule has 3 aromatic rings. The van der Waals surface area contributed by atoms with Crippen molar-refractivity contribution < 1.29 is 19.1 Å². The van der Waals surface area contributed by atoms with Crippen molar-refractivity contribution in [1.29, 1.82) is 0 Å². The highest BCUT2D eigenvalue weighted by molar-refractivity contribution is 6.44. The molecule has 10 nitrogen and oxygen atoms in total. The van der Waals surface area contributed by atoms with Gasteiger partial charge in [0.25, 0.3) is 0 Å². The van der Waals surface area contributed by atoms with E-state index >= 15 is 0 Å². The number of amides is 4. The van der Waals surface area contributed by atoms with Gasteiger partial charge in [0.05, 0.1) is 33.7 Å². The highest BCUT2D eigenvalue weighted by Gasteiger charge is 2.36. The Balaban J connectivity index is 1.68. The van der Waals surface area contributed by atoms with E-state index in [9.17, 15) is 14.4 Å². The highest BCUT2D eigenvalue weighted by atomic mass is 35.5. The van der Waals surface area contributed by atoms with Gasteiger partial charge in [0.1, 0.15) is 17.5 Å². The van der Waals surface area contributed by atoms with E-state index in [1.807, 2.05) is 39.0 Å². The maximum atomic E-state index is 13.0.